The molecule has 1 aliphatic rings. The first-order valence-electron chi connectivity index (χ1n) is 2.26. The SMILES string of the molecule is NC(=O)[C@@H]1B[C@@H]1N. The highest BCUT2D eigenvalue weighted by molar-refractivity contribution is 6.60. The van der Waals surface area contributed by atoms with Gasteiger partial charge in [-0.1, -0.05) is 0 Å². The topological polar surface area (TPSA) is 69.1 Å². The van der Waals surface area contributed by atoms with E-state index in [1.54, 1.807) is 0 Å². The van der Waals surface area contributed by atoms with E-state index in [-0.39, 0.29) is 17.7 Å². The van der Waals surface area contributed by atoms with Crippen LogP contribution in [-0.2, 0) is 4.79 Å². The zero-order valence-electron chi connectivity index (χ0n) is 3.92. The summed E-state index contributed by atoms with van der Waals surface area (Å²) in [5.41, 5.74) is 10.1. The lowest BCUT2D eigenvalue weighted by Crippen LogP contribution is -2.14. The minimum atomic E-state index is -0.257. The Labute approximate surface area is 42.3 Å². The van der Waals surface area contributed by atoms with Crippen LogP contribution in [0.1, 0.15) is 0 Å². The molecule has 0 bridgehead atoms. The molecule has 0 aliphatic carbocycles. The number of hydrogen-bond donors (Lipinski definition) is 2. The maximum atomic E-state index is 10.1. The molecule has 1 fully saturated rings. The fraction of sp³-hybridized carbons (Fsp3) is 0.667. The lowest BCUT2D eigenvalue weighted by molar-refractivity contribution is -0.117. The van der Waals surface area contributed by atoms with Gasteiger partial charge in [-0.15, -0.1) is 0 Å². The largest absolute Gasteiger partial charge is 0.370 e. The van der Waals surface area contributed by atoms with Gasteiger partial charge >= 0.3 is 0 Å². The summed E-state index contributed by atoms with van der Waals surface area (Å²) >= 11 is 0. The van der Waals surface area contributed by atoms with Crippen LogP contribution in [0, 0.1) is 0 Å². The van der Waals surface area contributed by atoms with Crippen molar-refractivity contribution in [3.63, 3.8) is 0 Å². The summed E-state index contributed by atoms with van der Waals surface area (Å²) in [6.07, 6.45) is 0. The van der Waals surface area contributed by atoms with Crippen molar-refractivity contribution in [3.8, 4) is 0 Å². The molecule has 4 heteroatoms. The average Bonchev–Trinajstić information content (AvgIpc) is 2.17. The van der Waals surface area contributed by atoms with Crippen LogP contribution in [0.15, 0.2) is 0 Å². The van der Waals surface area contributed by atoms with E-state index in [9.17, 15) is 4.79 Å². The lowest BCUT2D eigenvalue weighted by atomic mass is 10.0. The van der Waals surface area contributed by atoms with E-state index >= 15 is 0 Å². The number of nitrogens with two attached hydrogens (primary N) is 2. The van der Waals surface area contributed by atoms with Gasteiger partial charge in [-0.3, -0.25) is 4.79 Å². The predicted octanol–water partition coefficient (Wildman–Crippen LogP) is -2.00. The fourth-order valence-electron chi connectivity index (χ4n) is 0.542. The summed E-state index contributed by atoms with van der Waals surface area (Å²) in [7, 11) is 0.787. The molecule has 0 aromatic heterocycles. The van der Waals surface area contributed by atoms with E-state index in [4.69, 9.17) is 11.5 Å². The molecule has 1 saturated heterocycles. The zero-order valence-corrected chi connectivity index (χ0v) is 3.92. The quantitative estimate of drug-likeness (QED) is 0.372. The van der Waals surface area contributed by atoms with Gasteiger partial charge in [0.05, 0.1) is 0 Å². The Balaban J connectivity index is 2.33. The molecule has 4 N–H and O–H groups in total. The maximum absolute atomic E-state index is 10.1. The molecule has 3 nitrogen and oxygen atoms in total. The van der Waals surface area contributed by atoms with Gasteiger partial charge in [-0.05, 0) is 5.94 Å². The summed E-state index contributed by atoms with van der Waals surface area (Å²) in [5.74, 6) is -0.204. The van der Waals surface area contributed by atoms with Crippen molar-refractivity contribution >= 4 is 13.2 Å². The highest BCUT2D eigenvalue weighted by Crippen LogP contribution is 2.22. The van der Waals surface area contributed by atoms with Gasteiger partial charge in [-0.2, -0.15) is 0 Å². The van der Waals surface area contributed by atoms with Gasteiger partial charge in [0.25, 0.3) is 0 Å². The number of rotatable bonds is 1. The number of carbonyl (C=O) groups excluding carboxylic acids is 1. The van der Waals surface area contributed by atoms with Crippen LogP contribution >= 0.6 is 0 Å². The Morgan fingerprint density at radius 2 is 2.14 bits per heavy atom. The van der Waals surface area contributed by atoms with Gasteiger partial charge in [0.15, 0.2) is 7.28 Å². The van der Waals surface area contributed by atoms with Crippen molar-refractivity contribution in [2.24, 2.45) is 11.5 Å². The molecular formula is C3H7BN2O. The first kappa shape index (κ1) is 4.65. The average molecular weight is 97.9 g/mol. The van der Waals surface area contributed by atoms with E-state index in [2.05, 4.69) is 0 Å². The maximum Gasteiger partial charge on any atom is 0.213 e. The molecule has 0 aromatic carbocycles. The second-order valence-electron chi connectivity index (χ2n) is 1.91. The standard InChI is InChI=1S/C3H7BN2O/c5-2-1(4-2)3(6)7/h1-2,4H,5H2,(H2,6,7)/t1-,2-/m1/s1. The summed E-state index contributed by atoms with van der Waals surface area (Å²) in [5, 5.41) is 0. The minimum Gasteiger partial charge on any atom is -0.370 e. The third kappa shape index (κ3) is 0.744. The van der Waals surface area contributed by atoms with Gasteiger partial charge in [0.1, 0.15) is 0 Å². The molecule has 1 amide bonds. The van der Waals surface area contributed by atoms with Crippen LogP contribution in [0.5, 0.6) is 0 Å². The Bertz CT molecular complexity index is 105. The smallest absolute Gasteiger partial charge is 0.213 e. The van der Waals surface area contributed by atoms with E-state index in [1.807, 2.05) is 0 Å². The Morgan fingerprint density at radius 3 is 2.14 bits per heavy atom. The fourth-order valence-corrected chi connectivity index (χ4v) is 0.542. The molecule has 2 atom stereocenters. The Hall–Kier alpha value is -0.505. The summed E-state index contributed by atoms with van der Waals surface area (Å²) in [4.78, 5) is 10.1. The third-order valence-electron chi connectivity index (χ3n) is 1.21. The van der Waals surface area contributed by atoms with Crippen molar-refractivity contribution in [2.45, 2.75) is 11.8 Å². The van der Waals surface area contributed by atoms with Gasteiger partial charge < -0.3 is 11.5 Å². The lowest BCUT2D eigenvalue weighted by Gasteiger charge is -1.83. The minimum absolute atomic E-state index is 0.0139. The van der Waals surface area contributed by atoms with Crippen molar-refractivity contribution in [1.29, 1.82) is 0 Å². The molecule has 0 saturated carbocycles. The second kappa shape index (κ2) is 1.23. The van der Waals surface area contributed by atoms with Crippen LogP contribution in [-0.4, -0.2) is 19.1 Å². The highest BCUT2D eigenvalue weighted by atomic mass is 16.1. The first-order valence-corrected chi connectivity index (χ1v) is 2.26. The van der Waals surface area contributed by atoms with Crippen LogP contribution in [0.2, 0.25) is 5.82 Å². The van der Waals surface area contributed by atoms with Crippen LogP contribution in [0.25, 0.3) is 0 Å². The summed E-state index contributed by atoms with van der Waals surface area (Å²) < 4.78 is 0. The molecule has 38 valence electrons. The van der Waals surface area contributed by atoms with Gasteiger partial charge in [0.2, 0.25) is 5.91 Å². The number of hydrogen-bond acceptors (Lipinski definition) is 2. The van der Waals surface area contributed by atoms with E-state index in [0.717, 1.165) is 7.28 Å². The molecule has 0 radical (unpaired) electrons. The Kier molecular flexibility index (Phi) is 0.818. The third-order valence-corrected chi connectivity index (χ3v) is 1.21. The molecule has 0 spiro atoms. The molecule has 7 heavy (non-hydrogen) atoms. The van der Waals surface area contributed by atoms with Crippen molar-refractivity contribution < 1.29 is 4.79 Å². The zero-order chi connectivity index (χ0) is 5.44. The van der Waals surface area contributed by atoms with Crippen LogP contribution in [0.3, 0.4) is 0 Å². The summed E-state index contributed by atoms with van der Waals surface area (Å²) in [6, 6.07) is 0. The summed E-state index contributed by atoms with van der Waals surface area (Å²) in [6.45, 7) is 0. The van der Waals surface area contributed by atoms with Gasteiger partial charge in [0, 0.05) is 5.82 Å². The van der Waals surface area contributed by atoms with Crippen LogP contribution < -0.4 is 11.5 Å². The molecule has 1 rings (SSSR count). The normalized spacial score (nSPS) is 36.7. The van der Waals surface area contributed by atoms with E-state index < -0.39 is 0 Å². The van der Waals surface area contributed by atoms with E-state index in [0.29, 0.717) is 0 Å². The number of primary amides is 1. The van der Waals surface area contributed by atoms with Crippen molar-refractivity contribution in [3.05, 3.63) is 0 Å². The predicted molar refractivity (Wildman–Crippen MR) is 28.1 cm³/mol. The number of amides is 1. The monoisotopic (exact) mass is 98.1 g/mol. The molecule has 1 heterocycles. The highest BCUT2D eigenvalue weighted by Gasteiger charge is 2.40. The van der Waals surface area contributed by atoms with Crippen LogP contribution in [0.4, 0.5) is 0 Å². The van der Waals surface area contributed by atoms with E-state index in [1.165, 1.54) is 0 Å². The Morgan fingerprint density at radius 1 is 1.71 bits per heavy atom. The molecule has 0 aromatic rings. The van der Waals surface area contributed by atoms with Gasteiger partial charge in [-0.25, -0.2) is 0 Å². The second-order valence-corrected chi connectivity index (χ2v) is 1.91. The van der Waals surface area contributed by atoms with Crippen molar-refractivity contribution in [1.82, 2.24) is 0 Å². The first-order chi connectivity index (χ1) is 3.22. The number of carbonyl (C=O) groups is 1. The molecule has 1 aliphatic heterocycles. The van der Waals surface area contributed by atoms with Crippen molar-refractivity contribution in [2.75, 3.05) is 0 Å². The molecule has 0 unspecified atom stereocenters. The molecular weight excluding hydrogens is 90.9 g/mol.